The standard InChI is InChI=1S/C15H23ClN2O/c1-11-9-18(12(2)6-7-17-11)10-13-8-14(16)4-5-15(13)19-3/h4-5,8,11-12,17H,6-7,9-10H2,1-3H3. The second-order valence-corrected chi connectivity index (χ2v) is 5.81. The van der Waals surface area contributed by atoms with E-state index in [1.54, 1.807) is 7.11 Å². The molecule has 19 heavy (non-hydrogen) atoms. The summed E-state index contributed by atoms with van der Waals surface area (Å²) in [4.78, 5) is 2.50. The van der Waals surface area contributed by atoms with E-state index in [1.807, 2.05) is 18.2 Å². The summed E-state index contributed by atoms with van der Waals surface area (Å²) in [6.45, 7) is 7.55. The van der Waals surface area contributed by atoms with Gasteiger partial charge >= 0.3 is 0 Å². The van der Waals surface area contributed by atoms with E-state index < -0.39 is 0 Å². The van der Waals surface area contributed by atoms with Crippen molar-refractivity contribution in [2.45, 2.75) is 38.9 Å². The zero-order valence-corrected chi connectivity index (χ0v) is 12.7. The van der Waals surface area contributed by atoms with Gasteiger partial charge in [-0.15, -0.1) is 0 Å². The van der Waals surface area contributed by atoms with Crippen molar-refractivity contribution in [2.75, 3.05) is 20.2 Å². The summed E-state index contributed by atoms with van der Waals surface area (Å²) in [5.74, 6) is 0.918. The molecule has 1 saturated heterocycles. The molecule has 0 amide bonds. The Morgan fingerprint density at radius 1 is 1.42 bits per heavy atom. The van der Waals surface area contributed by atoms with Crippen LogP contribution in [0.2, 0.25) is 5.02 Å². The molecule has 1 aliphatic rings. The van der Waals surface area contributed by atoms with Crippen molar-refractivity contribution in [3.8, 4) is 5.75 Å². The molecule has 0 radical (unpaired) electrons. The molecule has 1 N–H and O–H groups in total. The molecule has 0 saturated carbocycles. The van der Waals surface area contributed by atoms with Crippen molar-refractivity contribution in [3.05, 3.63) is 28.8 Å². The normalized spacial score (nSPS) is 25.1. The predicted octanol–water partition coefficient (Wildman–Crippen LogP) is 2.92. The molecule has 0 aliphatic carbocycles. The van der Waals surface area contributed by atoms with Gasteiger partial charge in [-0.2, -0.15) is 0 Å². The number of ether oxygens (including phenoxy) is 1. The first kappa shape index (κ1) is 14.6. The van der Waals surface area contributed by atoms with Gasteiger partial charge in [-0.1, -0.05) is 11.6 Å². The first-order chi connectivity index (χ1) is 9.10. The van der Waals surface area contributed by atoms with Gasteiger partial charge < -0.3 is 10.1 Å². The van der Waals surface area contributed by atoms with Crippen molar-refractivity contribution < 1.29 is 4.74 Å². The Kier molecular flexibility index (Phi) is 5.08. The van der Waals surface area contributed by atoms with Crippen molar-refractivity contribution in [2.24, 2.45) is 0 Å². The van der Waals surface area contributed by atoms with Gasteiger partial charge in [0.1, 0.15) is 5.75 Å². The molecule has 4 heteroatoms. The molecular weight excluding hydrogens is 260 g/mol. The average molecular weight is 283 g/mol. The SMILES string of the molecule is COc1ccc(Cl)cc1CN1CC(C)NCCC1C. The number of rotatable bonds is 3. The minimum atomic E-state index is 0.523. The smallest absolute Gasteiger partial charge is 0.123 e. The predicted molar refractivity (Wildman–Crippen MR) is 80.0 cm³/mol. The number of hydrogen-bond acceptors (Lipinski definition) is 3. The van der Waals surface area contributed by atoms with Gasteiger partial charge in [0.25, 0.3) is 0 Å². The van der Waals surface area contributed by atoms with E-state index in [0.717, 1.165) is 36.0 Å². The van der Waals surface area contributed by atoms with Crippen LogP contribution in [-0.2, 0) is 6.54 Å². The summed E-state index contributed by atoms with van der Waals surface area (Å²) in [6.07, 6.45) is 1.17. The first-order valence-electron chi connectivity index (χ1n) is 6.90. The van der Waals surface area contributed by atoms with Crippen molar-refractivity contribution >= 4 is 11.6 Å². The van der Waals surface area contributed by atoms with Crippen LogP contribution in [-0.4, -0.2) is 37.2 Å². The van der Waals surface area contributed by atoms with E-state index in [1.165, 1.54) is 6.42 Å². The van der Waals surface area contributed by atoms with Crippen LogP contribution in [0.3, 0.4) is 0 Å². The molecule has 1 fully saturated rings. The highest BCUT2D eigenvalue weighted by molar-refractivity contribution is 6.30. The van der Waals surface area contributed by atoms with E-state index in [2.05, 4.69) is 24.1 Å². The van der Waals surface area contributed by atoms with Gasteiger partial charge in [0.2, 0.25) is 0 Å². The van der Waals surface area contributed by atoms with Gasteiger partial charge in [-0.25, -0.2) is 0 Å². The Morgan fingerprint density at radius 2 is 2.21 bits per heavy atom. The largest absolute Gasteiger partial charge is 0.496 e. The summed E-state index contributed by atoms with van der Waals surface area (Å²) in [5, 5.41) is 4.30. The fraction of sp³-hybridized carbons (Fsp3) is 0.600. The van der Waals surface area contributed by atoms with E-state index in [-0.39, 0.29) is 0 Å². The molecule has 2 rings (SSSR count). The number of nitrogens with one attached hydrogen (secondary N) is 1. The van der Waals surface area contributed by atoms with Crippen molar-refractivity contribution in [1.82, 2.24) is 10.2 Å². The van der Waals surface area contributed by atoms with Crippen molar-refractivity contribution in [1.29, 1.82) is 0 Å². The number of methoxy groups -OCH3 is 1. The highest BCUT2D eigenvalue weighted by Crippen LogP contribution is 2.25. The third-order valence-electron chi connectivity index (χ3n) is 3.80. The summed E-state index contributed by atoms with van der Waals surface area (Å²) in [6, 6.07) is 6.92. The lowest BCUT2D eigenvalue weighted by Gasteiger charge is -2.28. The maximum Gasteiger partial charge on any atom is 0.123 e. The fourth-order valence-electron chi connectivity index (χ4n) is 2.63. The number of nitrogens with zero attached hydrogens (tertiary/aromatic N) is 1. The molecule has 3 nitrogen and oxygen atoms in total. The van der Waals surface area contributed by atoms with Gasteiger partial charge in [0.05, 0.1) is 7.11 Å². The molecule has 1 aromatic carbocycles. The Bertz CT molecular complexity index is 425. The van der Waals surface area contributed by atoms with Crippen LogP contribution in [0.15, 0.2) is 18.2 Å². The minimum Gasteiger partial charge on any atom is -0.496 e. The zero-order chi connectivity index (χ0) is 13.8. The highest BCUT2D eigenvalue weighted by atomic mass is 35.5. The lowest BCUT2D eigenvalue weighted by atomic mass is 10.1. The molecule has 1 aromatic rings. The molecular formula is C15H23ClN2O. The molecule has 2 unspecified atom stereocenters. The molecule has 106 valence electrons. The quantitative estimate of drug-likeness (QED) is 0.923. The van der Waals surface area contributed by atoms with Crippen LogP contribution >= 0.6 is 11.6 Å². The first-order valence-corrected chi connectivity index (χ1v) is 7.27. The monoisotopic (exact) mass is 282 g/mol. The Hall–Kier alpha value is -0.770. The second-order valence-electron chi connectivity index (χ2n) is 5.38. The molecule has 1 heterocycles. The van der Waals surface area contributed by atoms with Gasteiger partial charge in [0, 0.05) is 35.8 Å². The summed E-state index contributed by atoms with van der Waals surface area (Å²) in [7, 11) is 1.71. The van der Waals surface area contributed by atoms with E-state index >= 15 is 0 Å². The maximum absolute atomic E-state index is 6.10. The Labute approximate surface area is 120 Å². The number of hydrogen-bond donors (Lipinski definition) is 1. The van der Waals surface area contributed by atoms with Crippen LogP contribution in [0, 0.1) is 0 Å². The molecule has 0 spiro atoms. The Morgan fingerprint density at radius 3 is 2.95 bits per heavy atom. The summed E-state index contributed by atoms with van der Waals surface area (Å²) < 4.78 is 5.43. The van der Waals surface area contributed by atoms with Crippen LogP contribution in [0.25, 0.3) is 0 Å². The molecule has 1 aliphatic heterocycles. The molecule has 0 aromatic heterocycles. The summed E-state index contributed by atoms with van der Waals surface area (Å²) >= 11 is 6.10. The average Bonchev–Trinajstić information content (AvgIpc) is 2.52. The van der Waals surface area contributed by atoms with Crippen LogP contribution in [0.5, 0.6) is 5.75 Å². The van der Waals surface area contributed by atoms with Gasteiger partial charge in [-0.3, -0.25) is 4.90 Å². The van der Waals surface area contributed by atoms with Crippen LogP contribution < -0.4 is 10.1 Å². The molecule has 0 bridgehead atoms. The topological polar surface area (TPSA) is 24.5 Å². The van der Waals surface area contributed by atoms with E-state index in [0.29, 0.717) is 12.1 Å². The lowest BCUT2D eigenvalue weighted by molar-refractivity contribution is 0.196. The highest BCUT2D eigenvalue weighted by Gasteiger charge is 2.21. The van der Waals surface area contributed by atoms with Crippen molar-refractivity contribution in [3.63, 3.8) is 0 Å². The second kappa shape index (κ2) is 6.60. The number of benzene rings is 1. The van der Waals surface area contributed by atoms with Gasteiger partial charge in [0.15, 0.2) is 0 Å². The lowest BCUT2D eigenvalue weighted by Crippen LogP contribution is -2.38. The molecule has 2 atom stereocenters. The Balaban J connectivity index is 2.16. The van der Waals surface area contributed by atoms with E-state index in [9.17, 15) is 0 Å². The van der Waals surface area contributed by atoms with Crippen LogP contribution in [0.1, 0.15) is 25.8 Å². The third kappa shape index (κ3) is 3.85. The zero-order valence-electron chi connectivity index (χ0n) is 11.9. The number of halogens is 1. The van der Waals surface area contributed by atoms with Gasteiger partial charge in [-0.05, 0) is 45.0 Å². The third-order valence-corrected chi connectivity index (χ3v) is 4.04. The van der Waals surface area contributed by atoms with Crippen LogP contribution in [0.4, 0.5) is 0 Å². The summed E-state index contributed by atoms with van der Waals surface area (Å²) in [5.41, 5.74) is 1.16. The minimum absolute atomic E-state index is 0.523. The maximum atomic E-state index is 6.10. The van der Waals surface area contributed by atoms with E-state index in [4.69, 9.17) is 16.3 Å². The fourth-order valence-corrected chi connectivity index (χ4v) is 2.82.